The van der Waals surface area contributed by atoms with Crippen molar-refractivity contribution in [3.63, 3.8) is 0 Å². The highest BCUT2D eigenvalue weighted by Crippen LogP contribution is 2.27. The summed E-state index contributed by atoms with van der Waals surface area (Å²) in [5.41, 5.74) is 5.71. The van der Waals surface area contributed by atoms with Gasteiger partial charge in [0.05, 0.1) is 11.4 Å². The van der Waals surface area contributed by atoms with Gasteiger partial charge in [0.2, 0.25) is 22.3 Å². The topological polar surface area (TPSA) is 140 Å². The monoisotopic (exact) mass is 500 g/mol. The van der Waals surface area contributed by atoms with Crippen molar-refractivity contribution in [3.05, 3.63) is 42.5 Å². The predicted octanol–water partition coefficient (Wildman–Crippen LogP) is 0.925. The van der Waals surface area contributed by atoms with Crippen LogP contribution in [0.4, 0.5) is 0 Å². The first-order chi connectivity index (χ1) is 16.8. The molecule has 2 saturated heterocycles. The van der Waals surface area contributed by atoms with Crippen molar-refractivity contribution in [1.29, 1.82) is 5.41 Å². The number of fused-ring (bicyclic) bond motifs is 1. The van der Waals surface area contributed by atoms with Gasteiger partial charge in [0.25, 0.3) is 0 Å². The number of sulfonamides is 1. The Bertz CT molecular complexity index is 1200. The normalized spacial score (nSPS) is 20.8. The number of rotatable bonds is 8. The van der Waals surface area contributed by atoms with Crippen LogP contribution in [0.1, 0.15) is 25.7 Å². The van der Waals surface area contributed by atoms with Crippen molar-refractivity contribution in [2.24, 2.45) is 5.73 Å². The lowest BCUT2D eigenvalue weighted by atomic mass is 10.1. The van der Waals surface area contributed by atoms with E-state index in [0.717, 1.165) is 23.6 Å². The molecule has 2 amide bonds. The minimum Gasteiger partial charge on any atom is -0.370 e. The van der Waals surface area contributed by atoms with Crippen LogP contribution in [0, 0.1) is 5.41 Å². The molecule has 11 heteroatoms. The zero-order valence-corrected chi connectivity index (χ0v) is 20.4. The zero-order chi connectivity index (χ0) is 25.0. The van der Waals surface area contributed by atoms with Crippen molar-refractivity contribution in [2.45, 2.75) is 42.7 Å². The number of benzene rings is 2. The highest BCUT2D eigenvalue weighted by molar-refractivity contribution is 7.89. The van der Waals surface area contributed by atoms with E-state index < -0.39 is 16.1 Å². The maximum atomic E-state index is 13.9. The van der Waals surface area contributed by atoms with Crippen molar-refractivity contribution in [1.82, 2.24) is 19.4 Å². The summed E-state index contributed by atoms with van der Waals surface area (Å²) in [6.45, 7) is 1.40. The summed E-state index contributed by atoms with van der Waals surface area (Å²) in [6.07, 6.45) is 3.40. The number of likely N-dealkylation sites (tertiary alicyclic amines) is 2. The molecule has 2 aliphatic rings. The molecule has 2 aromatic rings. The fourth-order valence-corrected chi connectivity index (χ4v) is 6.70. The number of carbonyl (C=O) groups excluding carboxylic acids is 2. The lowest BCUT2D eigenvalue weighted by Crippen LogP contribution is -2.55. The second-order valence-electron chi connectivity index (χ2n) is 9.10. The Morgan fingerprint density at radius 2 is 1.89 bits per heavy atom. The van der Waals surface area contributed by atoms with Crippen LogP contribution in [0.5, 0.6) is 0 Å². The first kappa shape index (κ1) is 24.9. The van der Waals surface area contributed by atoms with Gasteiger partial charge >= 0.3 is 0 Å². The highest BCUT2D eigenvalue weighted by atomic mass is 32.2. The van der Waals surface area contributed by atoms with Gasteiger partial charge in [0, 0.05) is 38.3 Å². The number of guanidine groups is 1. The van der Waals surface area contributed by atoms with Crippen LogP contribution < -0.4 is 11.1 Å². The Hall–Kier alpha value is -3.18. The third-order valence-electron chi connectivity index (χ3n) is 6.90. The van der Waals surface area contributed by atoms with E-state index in [2.05, 4.69) is 5.32 Å². The number of carbonyl (C=O) groups is 2. The van der Waals surface area contributed by atoms with Crippen molar-refractivity contribution in [2.75, 3.05) is 32.7 Å². The fraction of sp³-hybridized carbons (Fsp3) is 0.458. The van der Waals surface area contributed by atoms with Gasteiger partial charge in [-0.15, -0.1) is 0 Å². The lowest BCUT2D eigenvalue weighted by molar-refractivity contribution is -0.132. The van der Waals surface area contributed by atoms with E-state index in [1.165, 1.54) is 4.31 Å². The van der Waals surface area contributed by atoms with Gasteiger partial charge < -0.3 is 20.9 Å². The number of amides is 2. The Labute approximate surface area is 205 Å². The van der Waals surface area contributed by atoms with Gasteiger partial charge in [0.15, 0.2) is 5.96 Å². The molecule has 4 N–H and O–H groups in total. The van der Waals surface area contributed by atoms with Crippen LogP contribution in [0.3, 0.4) is 0 Å². The van der Waals surface area contributed by atoms with Gasteiger partial charge in [-0.05, 0) is 48.6 Å². The maximum absolute atomic E-state index is 13.9. The molecule has 2 heterocycles. The summed E-state index contributed by atoms with van der Waals surface area (Å²) < 4.78 is 29.2. The highest BCUT2D eigenvalue weighted by Gasteiger charge is 2.38. The Morgan fingerprint density at radius 1 is 1.14 bits per heavy atom. The molecule has 10 nitrogen and oxygen atoms in total. The Morgan fingerprint density at radius 3 is 2.63 bits per heavy atom. The molecule has 2 aliphatic heterocycles. The van der Waals surface area contributed by atoms with Gasteiger partial charge in [-0.25, -0.2) is 8.42 Å². The van der Waals surface area contributed by atoms with Crippen LogP contribution in [-0.4, -0.2) is 85.6 Å². The largest absolute Gasteiger partial charge is 0.370 e. The van der Waals surface area contributed by atoms with Crippen LogP contribution in [0.25, 0.3) is 10.8 Å². The molecule has 2 aromatic carbocycles. The quantitative estimate of drug-likeness (QED) is 0.280. The lowest BCUT2D eigenvalue weighted by Gasteiger charge is -2.39. The molecule has 35 heavy (non-hydrogen) atoms. The summed E-state index contributed by atoms with van der Waals surface area (Å²) in [6, 6.07) is 11.9. The number of piperidine rings is 1. The van der Waals surface area contributed by atoms with Crippen molar-refractivity contribution >= 4 is 39.1 Å². The molecule has 2 unspecified atom stereocenters. The van der Waals surface area contributed by atoms with Gasteiger partial charge in [0.1, 0.15) is 0 Å². The molecule has 2 fully saturated rings. The van der Waals surface area contributed by atoms with Gasteiger partial charge in [-0.2, -0.15) is 4.31 Å². The molecule has 188 valence electrons. The minimum absolute atomic E-state index is 0.108. The third kappa shape index (κ3) is 5.40. The number of hydrogen-bond donors (Lipinski definition) is 3. The van der Waals surface area contributed by atoms with E-state index in [9.17, 15) is 18.0 Å². The molecule has 0 saturated carbocycles. The molecule has 0 spiro atoms. The number of hydrogen-bond acceptors (Lipinski definition) is 5. The summed E-state index contributed by atoms with van der Waals surface area (Å²) in [5.74, 6) is -0.395. The first-order valence-electron chi connectivity index (χ1n) is 11.9. The summed E-state index contributed by atoms with van der Waals surface area (Å²) in [7, 11) is -4.02. The van der Waals surface area contributed by atoms with E-state index in [-0.39, 0.29) is 35.9 Å². The van der Waals surface area contributed by atoms with Gasteiger partial charge in [-0.1, -0.05) is 30.3 Å². The summed E-state index contributed by atoms with van der Waals surface area (Å²) >= 11 is 0. The Kier molecular flexibility index (Phi) is 7.56. The number of nitrogens with one attached hydrogen (secondary N) is 2. The van der Waals surface area contributed by atoms with E-state index in [1.807, 2.05) is 24.3 Å². The molecule has 0 aromatic heterocycles. The van der Waals surface area contributed by atoms with Crippen molar-refractivity contribution in [3.8, 4) is 0 Å². The van der Waals surface area contributed by atoms with Crippen LogP contribution in [-0.2, 0) is 19.6 Å². The van der Waals surface area contributed by atoms with Crippen LogP contribution in [0.15, 0.2) is 47.4 Å². The SMILES string of the molecule is N=C(N)N1CCCC(N(CC(=O)N2CCCC2CNC=O)S(=O)(=O)c2ccc3ccccc3c2)C1. The molecule has 0 bridgehead atoms. The fourth-order valence-electron chi connectivity index (χ4n) is 5.07. The molecule has 0 radical (unpaired) electrons. The third-order valence-corrected chi connectivity index (χ3v) is 8.79. The predicted molar refractivity (Wildman–Crippen MR) is 133 cm³/mol. The number of nitrogens with two attached hydrogens (primary N) is 1. The van der Waals surface area contributed by atoms with Crippen LogP contribution in [0.2, 0.25) is 0 Å². The van der Waals surface area contributed by atoms with Crippen molar-refractivity contribution < 1.29 is 18.0 Å². The average molecular weight is 501 g/mol. The summed E-state index contributed by atoms with van der Waals surface area (Å²) in [5, 5.41) is 12.2. The van der Waals surface area contributed by atoms with E-state index in [1.54, 1.807) is 28.0 Å². The zero-order valence-electron chi connectivity index (χ0n) is 19.6. The minimum atomic E-state index is -4.02. The number of nitrogens with zero attached hydrogens (tertiary/aromatic N) is 3. The second-order valence-corrected chi connectivity index (χ2v) is 11.0. The van der Waals surface area contributed by atoms with E-state index in [4.69, 9.17) is 11.1 Å². The second kappa shape index (κ2) is 10.6. The molecular weight excluding hydrogens is 468 g/mol. The van der Waals surface area contributed by atoms with Crippen LogP contribution >= 0.6 is 0 Å². The first-order valence-corrected chi connectivity index (χ1v) is 13.3. The summed E-state index contributed by atoms with van der Waals surface area (Å²) in [4.78, 5) is 27.6. The van der Waals surface area contributed by atoms with Gasteiger partial charge in [-0.3, -0.25) is 15.0 Å². The molecule has 2 atom stereocenters. The Balaban J connectivity index is 1.66. The standard InChI is InChI=1S/C24H32N6O4S/c25-24(26)28-11-3-8-21(15-28)30(16-23(32)29-12-4-7-20(29)14-27-17-31)35(33,34)22-10-9-18-5-1-2-6-19(18)13-22/h1-2,5-6,9-10,13,17,20-21H,3-4,7-8,11-12,14-16H2,(H3,25,26)(H,27,31). The van der Waals surface area contributed by atoms with E-state index in [0.29, 0.717) is 38.9 Å². The molecule has 4 rings (SSSR count). The smallest absolute Gasteiger partial charge is 0.243 e. The molecular formula is C24H32N6O4S. The molecule has 0 aliphatic carbocycles. The van der Waals surface area contributed by atoms with E-state index >= 15 is 0 Å². The maximum Gasteiger partial charge on any atom is 0.243 e. The average Bonchev–Trinajstić information content (AvgIpc) is 3.34.